The van der Waals surface area contributed by atoms with Gasteiger partial charge in [-0.3, -0.25) is 10.0 Å². The van der Waals surface area contributed by atoms with E-state index in [0.29, 0.717) is 10.5 Å². The fourth-order valence-electron chi connectivity index (χ4n) is 2.66. The van der Waals surface area contributed by atoms with Gasteiger partial charge in [0.25, 0.3) is 5.91 Å². The summed E-state index contributed by atoms with van der Waals surface area (Å²) in [6.07, 6.45) is 0.0473. The van der Waals surface area contributed by atoms with Gasteiger partial charge in [0, 0.05) is 15.7 Å². The summed E-state index contributed by atoms with van der Waals surface area (Å²) in [6, 6.07) is 8.56. The molecule has 9 heteroatoms. The van der Waals surface area contributed by atoms with Crippen LogP contribution in [0.25, 0.3) is 11.0 Å². The van der Waals surface area contributed by atoms with Crippen LogP contribution < -0.4 is 10.8 Å². The first-order chi connectivity index (χ1) is 12.4. The van der Waals surface area contributed by atoms with Gasteiger partial charge in [-0.2, -0.15) is 4.79 Å². The van der Waals surface area contributed by atoms with Gasteiger partial charge in [0.1, 0.15) is 11.3 Å². The summed E-state index contributed by atoms with van der Waals surface area (Å²) in [5.41, 5.74) is 4.14. The van der Waals surface area contributed by atoms with Crippen LogP contribution in [-0.4, -0.2) is 32.6 Å². The van der Waals surface area contributed by atoms with Crippen molar-refractivity contribution in [2.24, 2.45) is 0 Å². The number of hydrogen-bond acceptors (Lipinski definition) is 5. The van der Waals surface area contributed by atoms with Gasteiger partial charge in [-0.25, -0.2) is 10.5 Å². The van der Waals surface area contributed by atoms with Crippen molar-refractivity contribution in [3.8, 4) is 0 Å². The lowest BCUT2D eigenvalue weighted by molar-refractivity contribution is 0.0707. The molecule has 1 amide bonds. The second-order valence-electron chi connectivity index (χ2n) is 5.69. The number of imidazole rings is 1. The van der Waals surface area contributed by atoms with E-state index >= 15 is 0 Å². The monoisotopic (exact) mass is 470 g/mol. The summed E-state index contributed by atoms with van der Waals surface area (Å²) in [5, 5.41) is 21.2. The fourth-order valence-corrected chi connectivity index (χ4v) is 3.31. The number of amides is 1. The third-order valence-electron chi connectivity index (χ3n) is 3.94. The Labute approximate surface area is 161 Å². The largest absolute Gasteiger partial charge is 0.396 e. The molecule has 0 bridgehead atoms. The van der Waals surface area contributed by atoms with Crippen molar-refractivity contribution in [3.63, 3.8) is 0 Å². The number of hydroxylamine groups is 1. The first-order valence-electron chi connectivity index (χ1n) is 7.74. The Bertz CT molecular complexity index is 990. The number of fused-ring (bicyclic) bond motifs is 1. The maximum atomic E-state index is 14.4. The van der Waals surface area contributed by atoms with E-state index in [2.05, 4.69) is 32.9 Å². The summed E-state index contributed by atoms with van der Waals surface area (Å²) < 4.78 is 15.5. The zero-order chi connectivity index (χ0) is 18.8. The maximum Gasteiger partial charge on any atom is 0.276 e. The third kappa shape index (κ3) is 3.50. The molecule has 3 rings (SSSR count). The standard InChI is InChI=1S/C17H16FIN4O3/c1-9-6-10(19)2-3-12(9)20-13-8-15-14(7-11(13)17(25)22-26)21-16(4-5-24)23(15)18/h2-3,6-8,20,24,26H,4-5H2,1H3,(H,22,25). The molecular weight excluding hydrogens is 454 g/mol. The molecule has 0 aliphatic heterocycles. The number of aryl methyl sites for hydroxylation is 1. The SMILES string of the molecule is Cc1cc(I)ccc1Nc1cc2c(cc1C(=O)NO)nc(CCO)n2F. The average Bonchev–Trinajstić information content (AvgIpc) is 2.92. The highest BCUT2D eigenvalue weighted by Gasteiger charge is 2.18. The third-order valence-corrected chi connectivity index (χ3v) is 4.61. The highest BCUT2D eigenvalue weighted by molar-refractivity contribution is 14.1. The van der Waals surface area contributed by atoms with Crippen molar-refractivity contribution in [2.75, 3.05) is 11.9 Å². The summed E-state index contributed by atoms with van der Waals surface area (Å²) in [5.74, 6) is -0.685. The van der Waals surface area contributed by atoms with Crippen LogP contribution in [0.3, 0.4) is 0 Å². The fraction of sp³-hybridized carbons (Fsp3) is 0.176. The van der Waals surface area contributed by atoms with Gasteiger partial charge in [-0.15, -0.1) is 0 Å². The molecule has 0 radical (unpaired) electrons. The number of anilines is 2. The Morgan fingerprint density at radius 2 is 2.08 bits per heavy atom. The molecule has 1 aromatic heterocycles. The quantitative estimate of drug-likeness (QED) is 0.261. The summed E-state index contributed by atoms with van der Waals surface area (Å²) >= 11 is 2.20. The van der Waals surface area contributed by atoms with E-state index in [1.807, 2.05) is 25.1 Å². The van der Waals surface area contributed by atoms with Gasteiger partial charge in [0.2, 0.25) is 0 Å². The first kappa shape index (κ1) is 18.5. The van der Waals surface area contributed by atoms with E-state index in [-0.39, 0.29) is 35.4 Å². The molecule has 0 atom stereocenters. The predicted octanol–water partition coefficient (Wildman–Crippen LogP) is 3.08. The zero-order valence-corrected chi connectivity index (χ0v) is 15.9. The second-order valence-corrected chi connectivity index (χ2v) is 6.94. The lowest BCUT2D eigenvalue weighted by atomic mass is 10.1. The maximum absolute atomic E-state index is 14.4. The molecule has 0 spiro atoms. The number of carbonyl (C=O) groups excluding carboxylic acids is 1. The van der Waals surface area contributed by atoms with Crippen LogP contribution in [-0.2, 0) is 6.42 Å². The molecular formula is C17H16FIN4O3. The smallest absolute Gasteiger partial charge is 0.276 e. The Balaban J connectivity index is 2.14. The number of aliphatic hydroxyl groups is 1. The van der Waals surface area contributed by atoms with E-state index in [1.165, 1.54) is 12.1 Å². The molecule has 0 saturated heterocycles. The highest BCUT2D eigenvalue weighted by Crippen LogP contribution is 2.29. The second kappa shape index (κ2) is 7.56. The highest BCUT2D eigenvalue weighted by atomic mass is 127. The number of benzene rings is 2. The van der Waals surface area contributed by atoms with Crippen LogP contribution in [0, 0.1) is 10.5 Å². The normalized spacial score (nSPS) is 11.0. The molecule has 3 aromatic rings. The van der Waals surface area contributed by atoms with E-state index in [1.54, 1.807) is 5.48 Å². The van der Waals surface area contributed by atoms with Crippen LogP contribution >= 0.6 is 22.6 Å². The topological polar surface area (TPSA) is 99.4 Å². The van der Waals surface area contributed by atoms with Gasteiger partial charge >= 0.3 is 0 Å². The van der Waals surface area contributed by atoms with Crippen molar-refractivity contribution >= 4 is 50.9 Å². The number of carbonyl (C=O) groups is 1. The Kier molecular flexibility index (Phi) is 5.39. The molecule has 0 aliphatic carbocycles. The molecule has 2 aromatic carbocycles. The van der Waals surface area contributed by atoms with E-state index in [0.717, 1.165) is 14.8 Å². The molecule has 0 aliphatic rings. The number of halogens is 2. The molecule has 4 N–H and O–H groups in total. The van der Waals surface area contributed by atoms with Gasteiger partial charge < -0.3 is 10.4 Å². The van der Waals surface area contributed by atoms with Crippen molar-refractivity contribution in [2.45, 2.75) is 13.3 Å². The van der Waals surface area contributed by atoms with Crippen LogP contribution in [0.1, 0.15) is 21.7 Å². The van der Waals surface area contributed by atoms with Crippen molar-refractivity contribution in [3.05, 3.63) is 50.9 Å². The minimum atomic E-state index is -0.741. The number of nitrogens with zero attached hydrogens (tertiary/aromatic N) is 2. The lowest BCUT2D eigenvalue weighted by Gasteiger charge is -2.13. The lowest BCUT2D eigenvalue weighted by Crippen LogP contribution is -2.20. The van der Waals surface area contributed by atoms with E-state index < -0.39 is 5.91 Å². The molecule has 0 fully saturated rings. The number of hydrogen-bond donors (Lipinski definition) is 4. The van der Waals surface area contributed by atoms with Gasteiger partial charge in [0.05, 0.1) is 23.4 Å². The number of aliphatic hydroxyl groups excluding tert-OH is 1. The first-order valence-corrected chi connectivity index (χ1v) is 8.82. The average molecular weight is 470 g/mol. The van der Waals surface area contributed by atoms with Gasteiger partial charge in [-0.05, 0) is 65.4 Å². The van der Waals surface area contributed by atoms with E-state index in [9.17, 15) is 9.28 Å². The number of aromatic nitrogens is 2. The minimum absolute atomic E-state index is 0.0473. The predicted molar refractivity (Wildman–Crippen MR) is 103 cm³/mol. The van der Waals surface area contributed by atoms with Gasteiger partial charge in [0.15, 0.2) is 0 Å². The zero-order valence-electron chi connectivity index (χ0n) is 13.8. The number of nitrogens with one attached hydrogen (secondary N) is 2. The molecule has 0 unspecified atom stereocenters. The number of rotatable bonds is 5. The molecule has 0 saturated carbocycles. The van der Waals surface area contributed by atoms with E-state index in [4.69, 9.17) is 10.3 Å². The van der Waals surface area contributed by atoms with Crippen LogP contribution in [0.15, 0.2) is 30.3 Å². The van der Waals surface area contributed by atoms with Crippen molar-refractivity contribution in [1.82, 2.24) is 15.3 Å². The van der Waals surface area contributed by atoms with Crippen molar-refractivity contribution in [1.29, 1.82) is 0 Å². The van der Waals surface area contributed by atoms with Crippen LogP contribution in [0.2, 0.25) is 0 Å². The summed E-state index contributed by atoms with van der Waals surface area (Å²) in [7, 11) is 0. The molecule has 26 heavy (non-hydrogen) atoms. The van der Waals surface area contributed by atoms with Gasteiger partial charge in [-0.1, -0.05) is 4.48 Å². The Morgan fingerprint density at radius 1 is 1.31 bits per heavy atom. The van der Waals surface area contributed by atoms with Crippen molar-refractivity contribution < 1.29 is 19.6 Å². The Hall–Kier alpha value is -2.24. The molecule has 7 nitrogen and oxygen atoms in total. The molecule has 1 heterocycles. The minimum Gasteiger partial charge on any atom is -0.396 e. The molecule has 136 valence electrons. The van der Waals surface area contributed by atoms with Crippen LogP contribution in [0.4, 0.5) is 15.9 Å². The Morgan fingerprint density at radius 3 is 2.73 bits per heavy atom. The summed E-state index contributed by atoms with van der Waals surface area (Å²) in [6.45, 7) is 1.66. The summed E-state index contributed by atoms with van der Waals surface area (Å²) in [4.78, 5) is 16.5. The van der Waals surface area contributed by atoms with Crippen LogP contribution in [0.5, 0.6) is 0 Å².